The van der Waals surface area contributed by atoms with Crippen LogP contribution in [0.4, 0.5) is 5.69 Å². The van der Waals surface area contributed by atoms with Gasteiger partial charge in [0, 0.05) is 18.8 Å². The van der Waals surface area contributed by atoms with Gasteiger partial charge in [-0.2, -0.15) is 0 Å². The largest absolute Gasteiger partial charge is 0.371 e. The van der Waals surface area contributed by atoms with Crippen LogP contribution in [0.1, 0.15) is 37.7 Å². The van der Waals surface area contributed by atoms with Gasteiger partial charge in [0.25, 0.3) is 0 Å². The fraction of sp³-hybridized carbons (Fsp3) is 0.600. The Balaban J connectivity index is 1.77. The molecule has 110 valence electrons. The number of anilines is 1. The number of hydrogen-bond donors (Lipinski definition) is 1. The summed E-state index contributed by atoms with van der Waals surface area (Å²) in [5, 5.41) is 5.19. The molecule has 20 heavy (non-hydrogen) atoms. The standard InChI is InChI=1S/C15H22N2O2S/c16-20(18,19)14-6-7-15-13(10-14)8-9-17(15)11-12-4-2-1-3-5-12/h6-7,10,12H,1-5,8-9,11H2,(H2,16,18,19). The summed E-state index contributed by atoms with van der Waals surface area (Å²) < 4.78 is 22.8. The molecule has 0 radical (unpaired) electrons. The average molecular weight is 294 g/mol. The van der Waals surface area contributed by atoms with Crippen LogP contribution in [0.3, 0.4) is 0 Å². The molecular formula is C15H22N2O2S. The fourth-order valence-electron chi connectivity index (χ4n) is 3.49. The molecule has 0 spiro atoms. The highest BCUT2D eigenvalue weighted by molar-refractivity contribution is 7.89. The van der Waals surface area contributed by atoms with Crippen molar-refractivity contribution in [3.63, 3.8) is 0 Å². The SMILES string of the molecule is NS(=O)(=O)c1ccc2c(c1)CCN2CC1CCCCC1. The van der Waals surface area contributed by atoms with Crippen molar-refractivity contribution in [2.24, 2.45) is 11.1 Å². The zero-order chi connectivity index (χ0) is 14.2. The molecule has 1 aromatic carbocycles. The zero-order valence-corrected chi connectivity index (χ0v) is 12.5. The van der Waals surface area contributed by atoms with E-state index < -0.39 is 10.0 Å². The van der Waals surface area contributed by atoms with E-state index in [2.05, 4.69) is 4.90 Å². The van der Waals surface area contributed by atoms with Gasteiger partial charge in [0.1, 0.15) is 0 Å². The van der Waals surface area contributed by atoms with E-state index >= 15 is 0 Å². The molecule has 4 nitrogen and oxygen atoms in total. The van der Waals surface area contributed by atoms with Crippen LogP contribution < -0.4 is 10.0 Å². The first-order valence-electron chi connectivity index (χ1n) is 7.45. The lowest BCUT2D eigenvalue weighted by atomic mass is 9.89. The highest BCUT2D eigenvalue weighted by Gasteiger charge is 2.24. The van der Waals surface area contributed by atoms with Gasteiger partial charge in [-0.25, -0.2) is 13.6 Å². The predicted octanol–water partition coefficient (Wildman–Crippen LogP) is 2.28. The Bertz CT molecular complexity index is 592. The van der Waals surface area contributed by atoms with Crippen molar-refractivity contribution in [1.82, 2.24) is 0 Å². The Hall–Kier alpha value is -1.07. The number of benzene rings is 1. The number of nitrogens with two attached hydrogens (primary N) is 1. The Morgan fingerprint density at radius 3 is 2.65 bits per heavy atom. The summed E-state index contributed by atoms with van der Waals surface area (Å²) in [6.45, 7) is 2.11. The van der Waals surface area contributed by atoms with E-state index in [-0.39, 0.29) is 4.90 Å². The van der Waals surface area contributed by atoms with Gasteiger partial charge in [-0.15, -0.1) is 0 Å². The van der Waals surface area contributed by atoms with Gasteiger partial charge in [-0.05, 0) is 48.9 Å². The van der Waals surface area contributed by atoms with Crippen LogP contribution in [0.5, 0.6) is 0 Å². The van der Waals surface area contributed by atoms with E-state index in [0.717, 1.165) is 31.0 Å². The van der Waals surface area contributed by atoms with Crippen LogP contribution in [-0.4, -0.2) is 21.5 Å². The van der Waals surface area contributed by atoms with Gasteiger partial charge in [-0.3, -0.25) is 0 Å². The van der Waals surface area contributed by atoms with Gasteiger partial charge in [-0.1, -0.05) is 19.3 Å². The number of nitrogens with zero attached hydrogens (tertiary/aromatic N) is 1. The molecule has 2 N–H and O–H groups in total. The van der Waals surface area contributed by atoms with Crippen LogP contribution in [0.25, 0.3) is 0 Å². The lowest BCUT2D eigenvalue weighted by Gasteiger charge is -2.28. The van der Waals surface area contributed by atoms with Crippen LogP contribution in [0.15, 0.2) is 23.1 Å². The third kappa shape index (κ3) is 2.83. The second kappa shape index (κ2) is 5.37. The quantitative estimate of drug-likeness (QED) is 0.930. The highest BCUT2D eigenvalue weighted by atomic mass is 32.2. The summed E-state index contributed by atoms with van der Waals surface area (Å²) in [6, 6.07) is 5.30. The molecule has 0 amide bonds. The highest BCUT2D eigenvalue weighted by Crippen LogP contribution is 2.33. The monoisotopic (exact) mass is 294 g/mol. The molecule has 1 aliphatic carbocycles. The van der Waals surface area contributed by atoms with Crippen molar-refractivity contribution in [3.8, 4) is 0 Å². The van der Waals surface area contributed by atoms with E-state index in [1.165, 1.54) is 37.8 Å². The first-order chi connectivity index (χ1) is 9.54. The number of rotatable bonds is 3. The minimum absolute atomic E-state index is 0.232. The average Bonchev–Trinajstić information content (AvgIpc) is 2.81. The minimum atomic E-state index is -3.59. The first kappa shape index (κ1) is 13.9. The molecule has 1 fully saturated rings. The normalized spacial score (nSPS) is 20.1. The van der Waals surface area contributed by atoms with Gasteiger partial charge in [0.15, 0.2) is 0 Å². The second-order valence-electron chi connectivity index (χ2n) is 6.04. The van der Waals surface area contributed by atoms with E-state index in [0.29, 0.717) is 0 Å². The third-order valence-electron chi connectivity index (χ3n) is 4.57. The molecule has 0 saturated heterocycles. The summed E-state index contributed by atoms with van der Waals surface area (Å²) in [5.74, 6) is 0.799. The van der Waals surface area contributed by atoms with Gasteiger partial charge >= 0.3 is 0 Å². The first-order valence-corrected chi connectivity index (χ1v) is 8.99. The van der Waals surface area contributed by atoms with E-state index in [1.807, 2.05) is 6.07 Å². The summed E-state index contributed by atoms with van der Waals surface area (Å²) in [4.78, 5) is 2.65. The molecule has 1 aliphatic heterocycles. The molecule has 5 heteroatoms. The Kier molecular flexibility index (Phi) is 3.73. The Morgan fingerprint density at radius 1 is 1.20 bits per heavy atom. The number of hydrogen-bond acceptors (Lipinski definition) is 3. The van der Waals surface area contributed by atoms with E-state index in [4.69, 9.17) is 5.14 Å². The maximum atomic E-state index is 11.4. The summed E-state index contributed by atoms with van der Waals surface area (Å²) in [5.41, 5.74) is 2.32. The van der Waals surface area contributed by atoms with Crippen molar-refractivity contribution in [3.05, 3.63) is 23.8 Å². The van der Waals surface area contributed by atoms with E-state index in [1.54, 1.807) is 12.1 Å². The molecule has 1 aromatic rings. The van der Waals surface area contributed by atoms with Crippen LogP contribution in [0, 0.1) is 5.92 Å². The maximum absolute atomic E-state index is 11.4. The lowest BCUT2D eigenvalue weighted by Crippen LogP contribution is -2.28. The van der Waals surface area contributed by atoms with Crippen LogP contribution in [-0.2, 0) is 16.4 Å². The topological polar surface area (TPSA) is 63.4 Å². The number of fused-ring (bicyclic) bond motifs is 1. The molecule has 0 unspecified atom stereocenters. The summed E-state index contributed by atoms with van der Waals surface area (Å²) in [7, 11) is -3.59. The molecule has 0 aromatic heterocycles. The molecule has 3 rings (SSSR count). The molecule has 0 atom stereocenters. The van der Waals surface area contributed by atoms with Crippen LogP contribution in [0.2, 0.25) is 0 Å². The van der Waals surface area contributed by atoms with Crippen molar-refractivity contribution in [2.75, 3.05) is 18.0 Å². The van der Waals surface area contributed by atoms with Crippen molar-refractivity contribution >= 4 is 15.7 Å². The molecule has 2 aliphatic rings. The van der Waals surface area contributed by atoms with Gasteiger partial charge < -0.3 is 4.90 Å². The summed E-state index contributed by atoms with van der Waals surface area (Å²) in [6.07, 6.45) is 7.68. The smallest absolute Gasteiger partial charge is 0.238 e. The number of primary sulfonamides is 1. The van der Waals surface area contributed by atoms with Gasteiger partial charge in [0.2, 0.25) is 10.0 Å². The molecule has 1 saturated carbocycles. The Labute approximate surface area is 121 Å². The van der Waals surface area contributed by atoms with Crippen molar-refractivity contribution < 1.29 is 8.42 Å². The second-order valence-corrected chi connectivity index (χ2v) is 7.60. The Morgan fingerprint density at radius 2 is 1.95 bits per heavy atom. The minimum Gasteiger partial charge on any atom is -0.371 e. The third-order valence-corrected chi connectivity index (χ3v) is 5.49. The lowest BCUT2D eigenvalue weighted by molar-refractivity contribution is 0.360. The van der Waals surface area contributed by atoms with Crippen molar-refractivity contribution in [2.45, 2.75) is 43.4 Å². The molecule has 1 heterocycles. The predicted molar refractivity (Wildman–Crippen MR) is 80.3 cm³/mol. The summed E-state index contributed by atoms with van der Waals surface area (Å²) >= 11 is 0. The zero-order valence-electron chi connectivity index (χ0n) is 11.7. The molecule has 0 bridgehead atoms. The van der Waals surface area contributed by atoms with Crippen LogP contribution >= 0.6 is 0 Å². The van der Waals surface area contributed by atoms with Crippen molar-refractivity contribution in [1.29, 1.82) is 0 Å². The number of sulfonamides is 1. The maximum Gasteiger partial charge on any atom is 0.238 e. The van der Waals surface area contributed by atoms with E-state index in [9.17, 15) is 8.42 Å². The van der Waals surface area contributed by atoms with Gasteiger partial charge in [0.05, 0.1) is 4.90 Å². The molecular weight excluding hydrogens is 272 g/mol. The fourth-order valence-corrected chi connectivity index (χ4v) is 4.06.